The summed E-state index contributed by atoms with van der Waals surface area (Å²) in [6.45, 7) is 5.98. The van der Waals surface area contributed by atoms with Crippen LogP contribution in [0.3, 0.4) is 0 Å². The first-order valence-electron chi connectivity index (χ1n) is 6.63. The third-order valence-corrected chi connectivity index (χ3v) is 4.68. The van der Waals surface area contributed by atoms with Gasteiger partial charge in [-0.1, -0.05) is 47.0 Å². The summed E-state index contributed by atoms with van der Waals surface area (Å²) >= 11 is 7.99. The second-order valence-electron chi connectivity index (χ2n) is 5.15. The monoisotopic (exact) mass is 306 g/mol. The first-order chi connectivity index (χ1) is 9.45. The van der Waals surface area contributed by atoms with Crippen molar-refractivity contribution in [3.05, 3.63) is 63.7 Å². The van der Waals surface area contributed by atoms with Crippen LogP contribution in [-0.2, 0) is 5.75 Å². The molecule has 1 nitrogen and oxygen atoms in total. The third kappa shape index (κ3) is 4.02. The molecule has 2 rings (SSSR count). The lowest BCUT2D eigenvalue weighted by Gasteiger charge is -2.09. The molecule has 0 amide bonds. The smallest absolute Gasteiger partial charge is 0.0762 e. The normalized spacial score (nSPS) is 12.4. The summed E-state index contributed by atoms with van der Waals surface area (Å²) in [6.07, 6.45) is -0.481. The van der Waals surface area contributed by atoms with Crippen molar-refractivity contribution in [1.29, 1.82) is 0 Å². The molecule has 0 aliphatic carbocycles. The highest BCUT2D eigenvalue weighted by Crippen LogP contribution is 2.32. The number of rotatable bonds is 4. The van der Waals surface area contributed by atoms with Crippen LogP contribution in [0, 0.1) is 13.8 Å². The van der Waals surface area contributed by atoms with Crippen molar-refractivity contribution >= 4 is 23.4 Å². The van der Waals surface area contributed by atoms with Gasteiger partial charge in [0.25, 0.3) is 0 Å². The molecule has 0 radical (unpaired) electrons. The van der Waals surface area contributed by atoms with Gasteiger partial charge in [0, 0.05) is 10.6 Å². The zero-order valence-electron chi connectivity index (χ0n) is 12.0. The molecule has 20 heavy (non-hydrogen) atoms. The second kappa shape index (κ2) is 6.66. The molecular formula is C17H19ClOS. The highest BCUT2D eigenvalue weighted by Gasteiger charge is 2.07. The van der Waals surface area contributed by atoms with Gasteiger partial charge in [-0.3, -0.25) is 0 Å². The molecule has 0 bridgehead atoms. The summed E-state index contributed by atoms with van der Waals surface area (Å²) in [4.78, 5) is 1.05. The molecule has 0 aromatic heterocycles. The van der Waals surface area contributed by atoms with Gasteiger partial charge in [-0.25, -0.2) is 0 Å². The summed E-state index contributed by atoms with van der Waals surface area (Å²) in [5, 5.41) is 10.2. The van der Waals surface area contributed by atoms with Gasteiger partial charge >= 0.3 is 0 Å². The zero-order valence-corrected chi connectivity index (χ0v) is 13.6. The highest BCUT2D eigenvalue weighted by molar-refractivity contribution is 7.98. The van der Waals surface area contributed by atoms with Crippen LogP contribution in [0.25, 0.3) is 0 Å². The average Bonchev–Trinajstić information content (AvgIpc) is 2.36. The number of aliphatic hydroxyl groups excluding tert-OH is 1. The van der Waals surface area contributed by atoms with Gasteiger partial charge in [-0.05, 0) is 44.0 Å². The fourth-order valence-corrected chi connectivity index (χ4v) is 3.41. The number of benzene rings is 2. The van der Waals surface area contributed by atoms with Gasteiger partial charge in [-0.2, -0.15) is 0 Å². The Labute approximate surface area is 130 Å². The summed E-state index contributed by atoms with van der Waals surface area (Å²) in [7, 11) is 0. The number of halogens is 1. The quantitative estimate of drug-likeness (QED) is 0.773. The molecular weight excluding hydrogens is 288 g/mol. The number of hydrogen-bond acceptors (Lipinski definition) is 2. The maximum atomic E-state index is 9.54. The SMILES string of the molecule is Cc1cc(C)cc(CSc2ccc([C@H](C)O)cc2Cl)c1. The number of hydrogen-bond donors (Lipinski definition) is 1. The van der Waals surface area contributed by atoms with Gasteiger partial charge in [0.15, 0.2) is 0 Å². The fraction of sp³-hybridized carbons (Fsp3) is 0.294. The van der Waals surface area contributed by atoms with Gasteiger partial charge in [0.05, 0.1) is 11.1 Å². The molecule has 2 aromatic carbocycles. The largest absolute Gasteiger partial charge is 0.389 e. The number of aliphatic hydroxyl groups is 1. The van der Waals surface area contributed by atoms with E-state index in [-0.39, 0.29) is 0 Å². The van der Waals surface area contributed by atoms with E-state index in [1.54, 1.807) is 18.7 Å². The van der Waals surface area contributed by atoms with Crippen molar-refractivity contribution in [3.63, 3.8) is 0 Å². The molecule has 0 aliphatic rings. The Hall–Kier alpha value is -0.960. The van der Waals surface area contributed by atoms with Crippen molar-refractivity contribution in [1.82, 2.24) is 0 Å². The number of thioether (sulfide) groups is 1. The van der Waals surface area contributed by atoms with Crippen molar-refractivity contribution in [2.24, 2.45) is 0 Å². The minimum absolute atomic E-state index is 0.481. The van der Waals surface area contributed by atoms with E-state index in [4.69, 9.17) is 11.6 Å². The van der Waals surface area contributed by atoms with Gasteiger partial charge in [0.2, 0.25) is 0 Å². The Morgan fingerprint density at radius 3 is 2.30 bits per heavy atom. The van der Waals surface area contributed by atoms with Gasteiger partial charge < -0.3 is 5.11 Å². The second-order valence-corrected chi connectivity index (χ2v) is 6.57. The lowest BCUT2D eigenvalue weighted by Crippen LogP contribution is -1.91. The minimum atomic E-state index is -0.481. The van der Waals surface area contributed by atoms with Crippen LogP contribution in [0.5, 0.6) is 0 Å². The predicted octanol–water partition coefficient (Wildman–Crippen LogP) is 5.30. The molecule has 0 unspecified atom stereocenters. The molecule has 2 aromatic rings. The molecule has 0 saturated heterocycles. The summed E-state index contributed by atoms with van der Waals surface area (Å²) in [6, 6.07) is 12.4. The maximum Gasteiger partial charge on any atom is 0.0762 e. The van der Waals surface area contributed by atoms with E-state index in [1.165, 1.54) is 16.7 Å². The van der Waals surface area contributed by atoms with E-state index in [2.05, 4.69) is 32.0 Å². The van der Waals surface area contributed by atoms with Gasteiger partial charge in [-0.15, -0.1) is 11.8 Å². The molecule has 0 fully saturated rings. The van der Waals surface area contributed by atoms with E-state index in [0.717, 1.165) is 16.2 Å². The van der Waals surface area contributed by atoms with Crippen molar-refractivity contribution in [2.75, 3.05) is 0 Å². The Kier molecular flexibility index (Phi) is 5.14. The summed E-state index contributed by atoms with van der Waals surface area (Å²) in [5.74, 6) is 0.899. The summed E-state index contributed by atoms with van der Waals surface area (Å²) < 4.78 is 0. The molecule has 0 saturated carbocycles. The lowest BCUT2D eigenvalue weighted by molar-refractivity contribution is 0.199. The topological polar surface area (TPSA) is 20.2 Å². The third-order valence-electron chi connectivity index (χ3n) is 3.11. The first-order valence-corrected chi connectivity index (χ1v) is 7.99. The van der Waals surface area contributed by atoms with Crippen molar-refractivity contribution in [3.8, 4) is 0 Å². The molecule has 0 spiro atoms. The maximum absolute atomic E-state index is 9.54. The Morgan fingerprint density at radius 1 is 1.10 bits per heavy atom. The van der Waals surface area contributed by atoms with E-state index in [9.17, 15) is 5.11 Å². The zero-order chi connectivity index (χ0) is 14.7. The fourth-order valence-electron chi connectivity index (χ4n) is 2.21. The van der Waals surface area contributed by atoms with Crippen molar-refractivity contribution in [2.45, 2.75) is 37.5 Å². The standard InChI is InChI=1S/C17H19ClOS/c1-11-6-12(2)8-14(7-11)10-20-17-5-4-15(13(3)19)9-16(17)18/h4-9,13,19H,10H2,1-3H3/t13-/m0/s1. The van der Waals surface area contributed by atoms with Crippen LogP contribution in [-0.4, -0.2) is 5.11 Å². The number of aryl methyl sites for hydroxylation is 2. The van der Waals surface area contributed by atoms with E-state index >= 15 is 0 Å². The molecule has 3 heteroatoms. The van der Waals surface area contributed by atoms with Crippen LogP contribution < -0.4 is 0 Å². The van der Waals surface area contributed by atoms with E-state index in [1.807, 2.05) is 18.2 Å². The van der Waals surface area contributed by atoms with E-state index in [0.29, 0.717) is 5.02 Å². The van der Waals surface area contributed by atoms with Crippen LogP contribution >= 0.6 is 23.4 Å². The van der Waals surface area contributed by atoms with Crippen LogP contribution in [0.1, 0.15) is 35.3 Å². The average molecular weight is 307 g/mol. The van der Waals surface area contributed by atoms with Crippen LogP contribution in [0.15, 0.2) is 41.3 Å². The molecule has 0 heterocycles. The molecule has 1 atom stereocenters. The first kappa shape index (κ1) is 15.4. The van der Waals surface area contributed by atoms with Gasteiger partial charge in [0.1, 0.15) is 0 Å². The van der Waals surface area contributed by atoms with Crippen LogP contribution in [0.2, 0.25) is 5.02 Å². The Morgan fingerprint density at radius 2 is 1.75 bits per heavy atom. The Bertz CT molecular complexity index is 588. The van der Waals surface area contributed by atoms with E-state index < -0.39 is 6.10 Å². The lowest BCUT2D eigenvalue weighted by atomic mass is 10.1. The Balaban J connectivity index is 2.11. The van der Waals surface area contributed by atoms with Crippen LogP contribution in [0.4, 0.5) is 0 Å². The highest BCUT2D eigenvalue weighted by atomic mass is 35.5. The summed E-state index contributed by atoms with van der Waals surface area (Å²) in [5.41, 5.74) is 4.74. The molecule has 0 aliphatic heterocycles. The molecule has 1 N–H and O–H groups in total. The predicted molar refractivity (Wildman–Crippen MR) is 87.6 cm³/mol. The van der Waals surface area contributed by atoms with Crippen molar-refractivity contribution < 1.29 is 5.11 Å². The minimum Gasteiger partial charge on any atom is -0.389 e. The molecule has 106 valence electrons.